The molecule has 1 aromatic rings. The molecular weight excluding hydrogens is 399 g/mol. The molecule has 0 fully saturated rings. The average molecular weight is 435 g/mol. The van der Waals surface area contributed by atoms with Crippen molar-refractivity contribution in [1.29, 1.82) is 0 Å². The van der Waals surface area contributed by atoms with Gasteiger partial charge in [0.05, 0.1) is 0 Å². The second-order valence-corrected chi connectivity index (χ2v) is 19.2. The van der Waals surface area contributed by atoms with Gasteiger partial charge in [0, 0.05) is 0 Å². The molecule has 0 saturated carbocycles. The summed E-state index contributed by atoms with van der Waals surface area (Å²) in [5.41, 5.74) is 4.04. The van der Waals surface area contributed by atoms with E-state index >= 15 is 0 Å². The maximum atomic E-state index is 7.15. The second kappa shape index (κ2) is 10.0. The van der Waals surface area contributed by atoms with Crippen molar-refractivity contribution in [3.8, 4) is 0 Å². The first kappa shape index (κ1) is 20.0. The zero-order valence-corrected chi connectivity index (χ0v) is 18.9. The summed E-state index contributed by atoms with van der Waals surface area (Å²) in [6.07, 6.45) is 9.30. The SMILES string of the molecule is C=C1CC([O][Sn]([CH2]CCC)([CH2]CCC)[CH2]CCC)c2ccccc21. The van der Waals surface area contributed by atoms with Crippen LogP contribution in [0.1, 0.15) is 82.9 Å². The van der Waals surface area contributed by atoms with E-state index in [4.69, 9.17) is 3.07 Å². The first-order valence-electron chi connectivity index (χ1n) is 10.1. The maximum absolute atomic E-state index is 7.15. The summed E-state index contributed by atoms with van der Waals surface area (Å²) in [5.74, 6) is 0. The van der Waals surface area contributed by atoms with Crippen LogP contribution < -0.4 is 0 Å². The van der Waals surface area contributed by atoms with Crippen LogP contribution in [-0.2, 0) is 3.07 Å². The van der Waals surface area contributed by atoms with Gasteiger partial charge in [-0.1, -0.05) is 0 Å². The Labute approximate surface area is 154 Å². The minimum absolute atomic E-state index is 0.301. The first-order chi connectivity index (χ1) is 11.7. The third-order valence-electron chi connectivity index (χ3n) is 5.47. The third-order valence-corrected chi connectivity index (χ3v) is 18.5. The molecule has 0 aromatic heterocycles. The molecule has 24 heavy (non-hydrogen) atoms. The van der Waals surface area contributed by atoms with Crippen LogP contribution in [0.4, 0.5) is 0 Å². The van der Waals surface area contributed by atoms with Crippen LogP contribution in [0, 0.1) is 0 Å². The molecule has 0 saturated heterocycles. The molecule has 1 nitrogen and oxygen atoms in total. The molecule has 1 aliphatic carbocycles. The minimum atomic E-state index is -2.54. The summed E-state index contributed by atoms with van der Waals surface area (Å²) in [6.45, 7) is 11.3. The van der Waals surface area contributed by atoms with Gasteiger partial charge in [0.1, 0.15) is 0 Å². The molecule has 1 aromatic carbocycles. The van der Waals surface area contributed by atoms with Crippen molar-refractivity contribution in [2.75, 3.05) is 0 Å². The fourth-order valence-electron chi connectivity index (χ4n) is 4.00. The van der Waals surface area contributed by atoms with E-state index in [1.54, 1.807) is 0 Å². The van der Waals surface area contributed by atoms with Crippen molar-refractivity contribution in [3.05, 3.63) is 42.0 Å². The molecule has 1 aliphatic rings. The fourth-order valence-corrected chi connectivity index (χ4v) is 18.0. The topological polar surface area (TPSA) is 9.23 Å². The number of benzene rings is 1. The predicted molar refractivity (Wildman–Crippen MR) is 109 cm³/mol. The summed E-state index contributed by atoms with van der Waals surface area (Å²) in [7, 11) is 0. The second-order valence-electron chi connectivity index (χ2n) is 7.50. The fraction of sp³-hybridized carbons (Fsp3) is 0.636. The van der Waals surface area contributed by atoms with Crippen molar-refractivity contribution in [2.24, 2.45) is 0 Å². The molecule has 0 heterocycles. The summed E-state index contributed by atoms with van der Waals surface area (Å²) in [5, 5.41) is 0. The van der Waals surface area contributed by atoms with Gasteiger partial charge in [-0.2, -0.15) is 0 Å². The molecule has 0 spiro atoms. The van der Waals surface area contributed by atoms with E-state index < -0.39 is 18.8 Å². The average Bonchev–Trinajstić information content (AvgIpc) is 2.92. The molecule has 0 N–H and O–H groups in total. The van der Waals surface area contributed by atoms with Gasteiger partial charge in [-0.3, -0.25) is 0 Å². The van der Waals surface area contributed by atoms with Crippen LogP contribution in [0.25, 0.3) is 5.57 Å². The van der Waals surface area contributed by atoms with Crippen LogP contribution in [0.5, 0.6) is 0 Å². The van der Waals surface area contributed by atoms with Gasteiger partial charge in [-0.15, -0.1) is 0 Å². The summed E-state index contributed by atoms with van der Waals surface area (Å²) in [6, 6.07) is 8.79. The van der Waals surface area contributed by atoms with E-state index in [9.17, 15) is 0 Å². The molecule has 2 heteroatoms. The van der Waals surface area contributed by atoms with Crippen molar-refractivity contribution in [1.82, 2.24) is 0 Å². The van der Waals surface area contributed by atoms with Crippen molar-refractivity contribution >= 4 is 24.4 Å². The quantitative estimate of drug-likeness (QED) is 0.327. The molecule has 134 valence electrons. The summed E-state index contributed by atoms with van der Waals surface area (Å²) >= 11 is -2.54. The van der Waals surface area contributed by atoms with Crippen LogP contribution >= 0.6 is 0 Å². The molecule has 2 rings (SSSR count). The Morgan fingerprint density at radius 3 is 2.04 bits per heavy atom. The normalized spacial score (nSPS) is 17.3. The molecule has 0 amide bonds. The standard InChI is InChI=1S/C10H9O.3C4H9.Sn/c1-7-6-10(11)9-5-3-2-4-8(7)9;3*1-3-4-2;/h2-5,10H,1,6H2;3*1,3-4H2,2H3;/q-1;;;;+1. The number of fused-ring (bicyclic) bond motifs is 1. The Morgan fingerprint density at radius 1 is 0.958 bits per heavy atom. The molecule has 1 atom stereocenters. The van der Waals surface area contributed by atoms with Crippen molar-refractivity contribution < 1.29 is 3.07 Å². The monoisotopic (exact) mass is 436 g/mol. The summed E-state index contributed by atoms with van der Waals surface area (Å²) in [4.78, 5) is 0. The number of rotatable bonds is 11. The first-order valence-corrected chi connectivity index (χ1v) is 17.3. The van der Waals surface area contributed by atoms with Crippen LogP contribution in [0.15, 0.2) is 30.8 Å². The van der Waals surface area contributed by atoms with Crippen LogP contribution in [0.2, 0.25) is 13.3 Å². The molecule has 1 unspecified atom stereocenters. The molecule has 0 aliphatic heterocycles. The summed E-state index contributed by atoms with van der Waals surface area (Å²) < 4.78 is 11.4. The molecule has 0 bridgehead atoms. The van der Waals surface area contributed by atoms with Crippen LogP contribution in [-0.4, -0.2) is 18.8 Å². The molecular formula is C22H36OSn. The zero-order chi connectivity index (χ0) is 17.4. The van der Waals surface area contributed by atoms with E-state index in [0.717, 1.165) is 6.42 Å². The van der Waals surface area contributed by atoms with Gasteiger partial charge in [0.2, 0.25) is 0 Å². The van der Waals surface area contributed by atoms with E-state index in [1.165, 1.54) is 68.5 Å². The van der Waals surface area contributed by atoms with Gasteiger partial charge in [-0.25, -0.2) is 0 Å². The Balaban J connectivity index is 2.21. The van der Waals surface area contributed by atoms with Gasteiger partial charge in [0.15, 0.2) is 0 Å². The van der Waals surface area contributed by atoms with Crippen molar-refractivity contribution in [3.63, 3.8) is 0 Å². The number of hydrogen-bond acceptors (Lipinski definition) is 1. The van der Waals surface area contributed by atoms with Crippen molar-refractivity contribution in [2.45, 2.75) is 85.1 Å². The van der Waals surface area contributed by atoms with Gasteiger partial charge < -0.3 is 0 Å². The number of hydrogen-bond donors (Lipinski definition) is 0. The molecule has 0 radical (unpaired) electrons. The van der Waals surface area contributed by atoms with Gasteiger partial charge >= 0.3 is 155 Å². The van der Waals surface area contributed by atoms with Crippen LogP contribution in [0.3, 0.4) is 0 Å². The van der Waals surface area contributed by atoms with E-state index in [2.05, 4.69) is 51.6 Å². The van der Waals surface area contributed by atoms with Gasteiger partial charge in [0.25, 0.3) is 0 Å². The Hall–Kier alpha value is -0.281. The Bertz CT molecular complexity index is 501. The Kier molecular flexibility index (Phi) is 8.36. The van der Waals surface area contributed by atoms with Gasteiger partial charge in [-0.05, 0) is 0 Å². The van der Waals surface area contributed by atoms with E-state index in [0.29, 0.717) is 6.10 Å². The Morgan fingerprint density at radius 2 is 1.50 bits per heavy atom. The zero-order valence-electron chi connectivity index (χ0n) is 16.1. The number of unbranched alkanes of at least 4 members (excludes halogenated alkanes) is 3. The van der Waals surface area contributed by atoms with E-state index in [1.807, 2.05) is 0 Å². The van der Waals surface area contributed by atoms with E-state index in [-0.39, 0.29) is 0 Å². The predicted octanol–water partition coefficient (Wildman–Crippen LogP) is 7.51. The third kappa shape index (κ3) is 5.11.